The van der Waals surface area contributed by atoms with Crippen LogP contribution in [0, 0.1) is 11.6 Å². The molecule has 1 aromatic heterocycles. The SMILES string of the molecule is COc1c(F)cc(C(=O)N2CCC(n3cncn3)CC2)c(N)c1F. The predicted octanol–water partition coefficient (Wildman–Crippen LogP) is 1.62. The molecule has 1 saturated heterocycles. The van der Waals surface area contributed by atoms with Gasteiger partial charge in [0.2, 0.25) is 0 Å². The topological polar surface area (TPSA) is 86.3 Å². The molecule has 0 atom stereocenters. The van der Waals surface area contributed by atoms with Gasteiger partial charge in [-0.15, -0.1) is 0 Å². The van der Waals surface area contributed by atoms with Crippen molar-refractivity contribution in [2.75, 3.05) is 25.9 Å². The molecule has 2 N–H and O–H groups in total. The molecule has 0 unspecified atom stereocenters. The van der Waals surface area contributed by atoms with E-state index in [1.54, 1.807) is 11.0 Å². The molecule has 3 rings (SSSR count). The first-order chi connectivity index (χ1) is 11.5. The van der Waals surface area contributed by atoms with E-state index < -0.39 is 29.0 Å². The number of rotatable bonds is 3. The van der Waals surface area contributed by atoms with E-state index in [0.29, 0.717) is 25.9 Å². The molecule has 2 aromatic rings. The van der Waals surface area contributed by atoms with E-state index in [-0.39, 0.29) is 11.6 Å². The molecule has 1 amide bonds. The molecule has 0 saturated carbocycles. The zero-order valence-electron chi connectivity index (χ0n) is 13.1. The van der Waals surface area contributed by atoms with Crippen LogP contribution in [-0.2, 0) is 0 Å². The minimum atomic E-state index is -1.06. The summed E-state index contributed by atoms with van der Waals surface area (Å²) in [6, 6.07) is 1.07. The fraction of sp³-hybridized carbons (Fsp3) is 0.400. The van der Waals surface area contributed by atoms with E-state index in [1.165, 1.54) is 11.2 Å². The Hall–Kier alpha value is -2.71. The number of ether oxygens (including phenoxy) is 1. The van der Waals surface area contributed by atoms with Gasteiger partial charge in [-0.1, -0.05) is 0 Å². The lowest BCUT2D eigenvalue weighted by molar-refractivity contribution is 0.0690. The van der Waals surface area contributed by atoms with E-state index in [2.05, 4.69) is 14.8 Å². The molecular weight excluding hydrogens is 320 g/mol. The Labute approximate surface area is 137 Å². The predicted molar refractivity (Wildman–Crippen MR) is 81.5 cm³/mol. The normalized spacial score (nSPS) is 15.5. The standard InChI is InChI=1S/C15H17F2N5O2/c1-24-14-11(16)6-10(13(18)12(14)17)15(23)21-4-2-9(3-5-21)22-8-19-7-20-22/h6-9H,2-5,18H2,1H3. The minimum absolute atomic E-state index is 0.151. The molecule has 2 heterocycles. The summed E-state index contributed by atoms with van der Waals surface area (Å²) in [5.41, 5.74) is 5.05. The number of amides is 1. The number of methoxy groups -OCH3 is 1. The van der Waals surface area contributed by atoms with Crippen molar-refractivity contribution in [1.29, 1.82) is 0 Å². The van der Waals surface area contributed by atoms with Gasteiger partial charge in [0.15, 0.2) is 17.4 Å². The van der Waals surface area contributed by atoms with E-state index in [4.69, 9.17) is 5.73 Å². The molecule has 0 bridgehead atoms. The summed E-state index contributed by atoms with van der Waals surface area (Å²) in [7, 11) is 1.14. The van der Waals surface area contributed by atoms with Crippen LogP contribution in [0.3, 0.4) is 0 Å². The summed E-state index contributed by atoms with van der Waals surface area (Å²) in [6.45, 7) is 0.885. The number of anilines is 1. The minimum Gasteiger partial charge on any atom is -0.491 e. The second-order valence-electron chi connectivity index (χ2n) is 5.57. The van der Waals surface area contributed by atoms with Crippen molar-refractivity contribution in [2.24, 2.45) is 0 Å². The highest BCUT2D eigenvalue weighted by molar-refractivity contribution is 5.99. The summed E-state index contributed by atoms with van der Waals surface area (Å²) in [5, 5.41) is 4.09. The van der Waals surface area contributed by atoms with Gasteiger partial charge >= 0.3 is 0 Å². The average Bonchev–Trinajstić information content (AvgIpc) is 3.13. The summed E-state index contributed by atoms with van der Waals surface area (Å²) in [6.07, 6.45) is 4.45. The van der Waals surface area contributed by atoms with Gasteiger partial charge in [-0.25, -0.2) is 18.4 Å². The number of carbonyl (C=O) groups is 1. The van der Waals surface area contributed by atoms with Crippen LogP contribution < -0.4 is 10.5 Å². The van der Waals surface area contributed by atoms with Gasteiger partial charge in [0.25, 0.3) is 5.91 Å². The van der Waals surface area contributed by atoms with Crippen molar-refractivity contribution in [3.05, 3.63) is 35.9 Å². The number of aromatic nitrogens is 3. The van der Waals surface area contributed by atoms with Crippen molar-refractivity contribution in [3.8, 4) is 5.75 Å². The number of likely N-dealkylation sites (tertiary alicyclic amines) is 1. The third kappa shape index (κ3) is 2.77. The molecule has 7 nitrogen and oxygen atoms in total. The Bertz CT molecular complexity index is 743. The average molecular weight is 337 g/mol. The lowest BCUT2D eigenvalue weighted by atomic mass is 10.0. The second kappa shape index (κ2) is 6.42. The largest absolute Gasteiger partial charge is 0.491 e. The molecule has 0 spiro atoms. The van der Waals surface area contributed by atoms with E-state index in [1.807, 2.05) is 0 Å². The molecule has 1 fully saturated rings. The first-order valence-corrected chi connectivity index (χ1v) is 7.47. The highest BCUT2D eigenvalue weighted by Crippen LogP contribution is 2.31. The molecular formula is C15H17F2N5O2. The quantitative estimate of drug-likeness (QED) is 0.860. The van der Waals surface area contributed by atoms with Crippen LogP contribution >= 0.6 is 0 Å². The number of nitrogen functional groups attached to an aromatic ring is 1. The van der Waals surface area contributed by atoms with E-state index in [0.717, 1.165) is 13.2 Å². The number of nitrogens with zero attached hydrogens (tertiary/aromatic N) is 4. The third-order valence-corrected chi connectivity index (χ3v) is 4.21. The van der Waals surface area contributed by atoms with Crippen LogP contribution in [0.5, 0.6) is 5.75 Å². The zero-order chi connectivity index (χ0) is 17.3. The molecule has 9 heteroatoms. The van der Waals surface area contributed by atoms with Gasteiger partial charge in [-0.05, 0) is 18.9 Å². The van der Waals surface area contributed by atoms with Gasteiger partial charge in [0.1, 0.15) is 12.7 Å². The Morgan fingerprint density at radius 3 is 2.67 bits per heavy atom. The first-order valence-electron chi connectivity index (χ1n) is 7.47. The van der Waals surface area contributed by atoms with Crippen LogP contribution in [-0.4, -0.2) is 45.8 Å². The molecule has 1 aliphatic heterocycles. The molecule has 128 valence electrons. The van der Waals surface area contributed by atoms with Gasteiger partial charge in [-0.3, -0.25) is 4.79 Å². The third-order valence-electron chi connectivity index (χ3n) is 4.21. The molecule has 24 heavy (non-hydrogen) atoms. The fourth-order valence-corrected chi connectivity index (χ4v) is 2.89. The summed E-state index contributed by atoms with van der Waals surface area (Å²) < 4.78 is 34.3. The molecule has 0 radical (unpaired) electrons. The van der Waals surface area contributed by atoms with Crippen LogP contribution in [0.4, 0.5) is 14.5 Å². The number of carbonyl (C=O) groups excluding carboxylic acids is 1. The Balaban J connectivity index is 1.76. The van der Waals surface area contributed by atoms with Crippen LogP contribution in [0.15, 0.2) is 18.7 Å². The first kappa shape index (κ1) is 16.2. The number of nitrogens with two attached hydrogens (primary N) is 1. The molecule has 1 aliphatic rings. The van der Waals surface area contributed by atoms with Crippen LogP contribution in [0.25, 0.3) is 0 Å². The van der Waals surface area contributed by atoms with Crippen molar-refractivity contribution in [1.82, 2.24) is 19.7 Å². The van der Waals surface area contributed by atoms with Gasteiger partial charge in [0, 0.05) is 13.1 Å². The number of hydrogen-bond donors (Lipinski definition) is 1. The lowest BCUT2D eigenvalue weighted by Gasteiger charge is -2.32. The maximum atomic E-state index is 14.0. The van der Waals surface area contributed by atoms with Crippen LogP contribution in [0.2, 0.25) is 0 Å². The van der Waals surface area contributed by atoms with Crippen molar-refractivity contribution < 1.29 is 18.3 Å². The summed E-state index contributed by atoms with van der Waals surface area (Å²) >= 11 is 0. The maximum Gasteiger partial charge on any atom is 0.256 e. The molecule has 1 aromatic carbocycles. The number of halogens is 2. The number of hydrogen-bond acceptors (Lipinski definition) is 5. The van der Waals surface area contributed by atoms with Crippen molar-refractivity contribution >= 4 is 11.6 Å². The van der Waals surface area contributed by atoms with Crippen molar-refractivity contribution in [3.63, 3.8) is 0 Å². The van der Waals surface area contributed by atoms with Gasteiger partial charge < -0.3 is 15.4 Å². The zero-order valence-corrected chi connectivity index (χ0v) is 13.1. The Morgan fingerprint density at radius 2 is 2.08 bits per heavy atom. The van der Waals surface area contributed by atoms with Crippen molar-refractivity contribution in [2.45, 2.75) is 18.9 Å². The molecule has 0 aliphatic carbocycles. The number of piperidine rings is 1. The van der Waals surface area contributed by atoms with Crippen LogP contribution in [0.1, 0.15) is 29.2 Å². The Kier molecular flexibility index (Phi) is 4.32. The van der Waals surface area contributed by atoms with E-state index >= 15 is 0 Å². The van der Waals surface area contributed by atoms with Gasteiger partial charge in [0.05, 0.1) is 24.4 Å². The Morgan fingerprint density at radius 1 is 1.38 bits per heavy atom. The monoisotopic (exact) mass is 337 g/mol. The summed E-state index contributed by atoms with van der Waals surface area (Å²) in [5.74, 6) is -3.10. The van der Waals surface area contributed by atoms with Gasteiger partial charge in [-0.2, -0.15) is 5.10 Å². The fourth-order valence-electron chi connectivity index (χ4n) is 2.89. The van der Waals surface area contributed by atoms with E-state index in [9.17, 15) is 13.6 Å². The number of benzene rings is 1. The maximum absolute atomic E-state index is 14.0. The summed E-state index contributed by atoms with van der Waals surface area (Å²) in [4.78, 5) is 18.0. The highest BCUT2D eigenvalue weighted by atomic mass is 19.1. The lowest BCUT2D eigenvalue weighted by Crippen LogP contribution is -2.39. The second-order valence-corrected chi connectivity index (χ2v) is 5.57. The smallest absolute Gasteiger partial charge is 0.256 e. The highest BCUT2D eigenvalue weighted by Gasteiger charge is 2.28.